The zero-order valence-electron chi connectivity index (χ0n) is 9.34. The molecule has 96 valence electrons. The number of pyridine rings is 1. The molecule has 0 aromatic carbocycles. The number of hydrogen-bond donors (Lipinski definition) is 1. The van der Waals surface area contributed by atoms with E-state index in [4.69, 9.17) is 11.6 Å². The highest BCUT2D eigenvalue weighted by Gasteiger charge is 2.17. The smallest absolute Gasteiger partial charge is 0.243 e. The Balaban J connectivity index is 2.02. The topological polar surface area (TPSA) is 59.1 Å². The van der Waals surface area contributed by atoms with Crippen LogP contribution in [0.1, 0.15) is 5.56 Å². The van der Waals surface area contributed by atoms with E-state index in [9.17, 15) is 8.42 Å². The van der Waals surface area contributed by atoms with E-state index in [0.717, 1.165) is 5.56 Å². The van der Waals surface area contributed by atoms with Gasteiger partial charge in [0.2, 0.25) is 10.0 Å². The van der Waals surface area contributed by atoms with Gasteiger partial charge in [0.1, 0.15) is 4.90 Å². The maximum absolute atomic E-state index is 11.9. The van der Waals surface area contributed by atoms with Gasteiger partial charge < -0.3 is 0 Å². The van der Waals surface area contributed by atoms with Crippen molar-refractivity contribution in [2.24, 2.45) is 0 Å². The number of nitrogens with one attached hydrogen (secondary N) is 1. The van der Waals surface area contributed by atoms with E-state index in [0.29, 0.717) is 13.0 Å². The molecular formula is C11H11ClN2O2S2. The molecule has 0 unspecified atom stereocenters. The maximum Gasteiger partial charge on any atom is 0.243 e. The van der Waals surface area contributed by atoms with Gasteiger partial charge in [-0.15, -0.1) is 0 Å². The first-order valence-electron chi connectivity index (χ1n) is 5.20. The van der Waals surface area contributed by atoms with Crippen molar-refractivity contribution in [2.75, 3.05) is 6.54 Å². The van der Waals surface area contributed by atoms with Gasteiger partial charge in [0, 0.05) is 18.9 Å². The first-order chi connectivity index (χ1) is 8.59. The Labute approximate surface area is 115 Å². The molecule has 0 bridgehead atoms. The van der Waals surface area contributed by atoms with Crippen LogP contribution in [-0.4, -0.2) is 19.9 Å². The van der Waals surface area contributed by atoms with Gasteiger partial charge in [-0.2, -0.15) is 11.3 Å². The second kappa shape index (κ2) is 5.79. The monoisotopic (exact) mass is 302 g/mol. The summed E-state index contributed by atoms with van der Waals surface area (Å²) in [5.74, 6) is 0. The molecule has 7 heteroatoms. The first-order valence-corrected chi connectivity index (χ1v) is 8.00. The van der Waals surface area contributed by atoms with Crippen LogP contribution < -0.4 is 4.72 Å². The third kappa shape index (κ3) is 3.29. The van der Waals surface area contributed by atoms with Crippen molar-refractivity contribution in [3.8, 4) is 0 Å². The molecule has 2 rings (SSSR count). The van der Waals surface area contributed by atoms with Crippen molar-refractivity contribution in [1.82, 2.24) is 9.71 Å². The summed E-state index contributed by atoms with van der Waals surface area (Å²) in [6.45, 7) is 0.338. The van der Waals surface area contributed by atoms with Gasteiger partial charge in [-0.25, -0.2) is 13.1 Å². The van der Waals surface area contributed by atoms with E-state index in [1.54, 1.807) is 11.3 Å². The molecule has 2 heterocycles. The van der Waals surface area contributed by atoms with Gasteiger partial charge in [-0.3, -0.25) is 4.98 Å². The number of sulfonamides is 1. The fraction of sp³-hybridized carbons (Fsp3) is 0.182. The lowest BCUT2D eigenvalue weighted by Gasteiger charge is -2.07. The Bertz CT molecular complexity index is 612. The van der Waals surface area contributed by atoms with Crippen molar-refractivity contribution in [3.63, 3.8) is 0 Å². The summed E-state index contributed by atoms with van der Waals surface area (Å²) in [6, 6.07) is 3.42. The molecule has 0 fully saturated rings. The molecule has 18 heavy (non-hydrogen) atoms. The summed E-state index contributed by atoms with van der Waals surface area (Å²) in [7, 11) is -3.59. The predicted octanol–water partition coefficient (Wildman–Crippen LogP) is 2.32. The van der Waals surface area contributed by atoms with Crippen LogP contribution in [0.5, 0.6) is 0 Å². The minimum atomic E-state index is -3.59. The van der Waals surface area contributed by atoms with E-state index in [-0.39, 0.29) is 9.92 Å². The second-order valence-electron chi connectivity index (χ2n) is 3.59. The Hall–Kier alpha value is -0.950. The molecule has 0 atom stereocenters. The van der Waals surface area contributed by atoms with Gasteiger partial charge in [0.05, 0.1) is 5.02 Å². The first kappa shape index (κ1) is 13.5. The molecule has 0 radical (unpaired) electrons. The van der Waals surface area contributed by atoms with Crippen LogP contribution in [-0.2, 0) is 16.4 Å². The largest absolute Gasteiger partial charge is 0.263 e. The molecule has 2 aromatic rings. The lowest BCUT2D eigenvalue weighted by Crippen LogP contribution is -2.26. The Morgan fingerprint density at radius 3 is 2.89 bits per heavy atom. The van der Waals surface area contributed by atoms with Gasteiger partial charge in [0.15, 0.2) is 0 Å². The van der Waals surface area contributed by atoms with Gasteiger partial charge in [-0.05, 0) is 34.9 Å². The summed E-state index contributed by atoms with van der Waals surface area (Å²) in [5, 5.41) is 4.13. The predicted molar refractivity (Wildman–Crippen MR) is 72.5 cm³/mol. The van der Waals surface area contributed by atoms with Crippen molar-refractivity contribution < 1.29 is 8.42 Å². The minimum Gasteiger partial charge on any atom is -0.263 e. The molecule has 0 aliphatic heterocycles. The average Bonchev–Trinajstić information content (AvgIpc) is 2.82. The normalized spacial score (nSPS) is 11.6. The van der Waals surface area contributed by atoms with Crippen LogP contribution in [0, 0.1) is 0 Å². The van der Waals surface area contributed by atoms with E-state index < -0.39 is 10.0 Å². The molecule has 0 spiro atoms. The van der Waals surface area contributed by atoms with Crippen LogP contribution in [0.3, 0.4) is 0 Å². The van der Waals surface area contributed by atoms with Crippen molar-refractivity contribution in [1.29, 1.82) is 0 Å². The molecule has 4 nitrogen and oxygen atoms in total. The van der Waals surface area contributed by atoms with Crippen LogP contribution >= 0.6 is 22.9 Å². The van der Waals surface area contributed by atoms with E-state index >= 15 is 0 Å². The summed E-state index contributed by atoms with van der Waals surface area (Å²) in [5.41, 5.74) is 1.11. The number of thiophene rings is 1. The molecule has 0 saturated carbocycles. The third-order valence-electron chi connectivity index (χ3n) is 2.31. The van der Waals surface area contributed by atoms with Crippen LogP contribution in [0.2, 0.25) is 5.02 Å². The van der Waals surface area contributed by atoms with Crippen LogP contribution in [0.25, 0.3) is 0 Å². The number of hydrogen-bond acceptors (Lipinski definition) is 4. The zero-order valence-corrected chi connectivity index (χ0v) is 11.7. The maximum atomic E-state index is 11.9. The summed E-state index contributed by atoms with van der Waals surface area (Å²) in [6.07, 6.45) is 3.35. The van der Waals surface area contributed by atoms with Crippen LogP contribution in [0.15, 0.2) is 40.2 Å². The van der Waals surface area contributed by atoms with E-state index in [1.165, 1.54) is 18.5 Å². The van der Waals surface area contributed by atoms with Gasteiger partial charge in [-0.1, -0.05) is 11.6 Å². The molecule has 0 saturated heterocycles. The van der Waals surface area contributed by atoms with Crippen molar-refractivity contribution in [2.45, 2.75) is 11.3 Å². The van der Waals surface area contributed by atoms with Crippen molar-refractivity contribution in [3.05, 3.63) is 45.9 Å². The average molecular weight is 303 g/mol. The lowest BCUT2D eigenvalue weighted by molar-refractivity contribution is 0.581. The van der Waals surface area contributed by atoms with Crippen molar-refractivity contribution >= 4 is 33.0 Å². The highest BCUT2D eigenvalue weighted by atomic mass is 35.5. The molecule has 1 N–H and O–H groups in total. The SMILES string of the molecule is O=S(=O)(NCCc1ccsc1)c1cnccc1Cl. The van der Waals surface area contributed by atoms with Gasteiger partial charge in [0.25, 0.3) is 0 Å². The number of rotatable bonds is 5. The lowest BCUT2D eigenvalue weighted by atomic mass is 10.2. The summed E-state index contributed by atoms with van der Waals surface area (Å²) < 4.78 is 26.4. The zero-order chi connectivity index (χ0) is 13.0. The van der Waals surface area contributed by atoms with Gasteiger partial charge >= 0.3 is 0 Å². The molecule has 0 amide bonds. The fourth-order valence-electron chi connectivity index (χ4n) is 1.40. The third-order valence-corrected chi connectivity index (χ3v) is 4.97. The minimum absolute atomic E-state index is 0.0111. The Kier molecular flexibility index (Phi) is 4.34. The second-order valence-corrected chi connectivity index (χ2v) is 6.51. The van der Waals surface area contributed by atoms with Crippen LogP contribution in [0.4, 0.5) is 0 Å². The van der Waals surface area contributed by atoms with E-state index in [2.05, 4.69) is 9.71 Å². The number of halogens is 1. The highest BCUT2D eigenvalue weighted by Crippen LogP contribution is 2.18. The molecule has 0 aliphatic carbocycles. The standard InChI is InChI=1S/C11H11ClN2O2S2/c12-10-2-4-13-7-11(10)18(15,16)14-5-1-9-3-6-17-8-9/h2-4,6-8,14H,1,5H2. The summed E-state index contributed by atoms with van der Waals surface area (Å²) >= 11 is 7.42. The molecule has 2 aromatic heterocycles. The highest BCUT2D eigenvalue weighted by molar-refractivity contribution is 7.89. The number of nitrogens with zero attached hydrogens (tertiary/aromatic N) is 1. The summed E-state index contributed by atoms with van der Waals surface area (Å²) in [4.78, 5) is 3.78. The Morgan fingerprint density at radius 2 is 2.22 bits per heavy atom. The quantitative estimate of drug-likeness (QED) is 0.922. The molecular weight excluding hydrogens is 292 g/mol. The number of aromatic nitrogens is 1. The Morgan fingerprint density at radius 1 is 1.39 bits per heavy atom. The fourth-order valence-corrected chi connectivity index (χ4v) is 3.57. The molecule has 0 aliphatic rings. The van der Waals surface area contributed by atoms with E-state index in [1.807, 2.05) is 16.8 Å².